The largest absolute Gasteiger partial charge is 0.337 e. The molecule has 0 bridgehead atoms. The Balaban J connectivity index is 0.00000243. The van der Waals surface area contributed by atoms with Gasteiger partial charge in [0.25, 0.3) is 11.8 Å². The van der Waals surface area contributed by atoms with Gasteiger partial charge < -0.3 is 15.5 Å². The van der Waals surface area contributed by atoms with Gasteiger partial charge >= 0.3 is 0 Å². The maximum atomic E-state index is 12.8. The summed E-state index contributed by atoms with van der Waals surface area (Å²) in [5.41, 5.74) is 2.37. The third kappa shape index (κ3) is 4.84. The SMILES string of the molecule is CCc1ccc(C(=O)Nc2sccc2C(=O)N2CCCNCC2)cc1.Cl. The van der Waals surface area contributed by atoms with Crippen molar-refractivity contribution in [1.82, 2.24) is 10.2 Å². The average Bonchev–Trinajstić information content (AvgIpc) is 2.92. The van der Waals surface area contributed by atoms with Crippen molar-refractivity contribution in [2.45, 2.75) is 19.8 Å². The second kappa shape index (κ2) is 9.71. The molecule has 3 rings (SSSR count). The minimum atomic E-state index is -0.184. The van der Waals surface area contributed by atoms with Gasteiger partial charge in [0, 0.05) is 25.2 Å². The minimum absolute atomic E-state index is 0. The summed E-state index contributed by atoms with van der Waals surface area (Å²) in [4.78, 5) is 27.1. The molecule has 0 spiro atoms. The number of rotatable bonds is 4. The van der Waals surface area contributed by atoms with Crippen LogP contribution in [0, 0.1) is 0 Å². The molecule has 2 heterocycles. The van der Waals surface area contributed by atoms with Crippen molar-refractivity contribution in [3.05, 3.63) is 52.4 Å². The van der Waals surface area contributed by atoms with Crippen molar-refractivity contribution in [3.63, 3.8) is 0 Å². The zero-order chi connectivity index (χ0) is 17.6. The molecule has 2 aromatic rings. The molecule has 1 aromatic heterocycles. The van der Waals surface area contributed by atoms with Gasteiger partial charge in [-0.25, -0.2) is 0 Å². The first-order chi connectivity index (χ1) is 12.2. The standard InChI is InChI=1S/C19H23N3O2S.ClH/c1-2-14-4-6-15(7-5-14)17(23)21-18-16(8-13-25-18)19(24)22-11-3-9-20-10-12-22;/h4-8,13,20H,2-3,9-12H2,1H3,(H,21,23);1H. The van der Waals surface area contributed by atoms with Crippen molar-refractivity contribution < 1.29 is 9.59 Å². The summed E-state index contributed by atoms with van der Waals surface area (Å²) in [6, 6.07) is 9.36. The summed E-state index contributed by atoms with van der Waals surface area (Å²) in [5.74, 6) is -0.196. The zero-order valence-electron chi connectivity index (χ0n) is 14.8. The molecule has 7 heteroatoms. The molecule has 0 aliphatic carbocycles. The molecular weight excluding hydrogens is 370 g/mol. The molecule has 1 aromatic carbocycles. The van der Waals surface area contributed by atoms with E-state index >= 15 is 0 Å². The zero-order valence-corrected chi connectivity index (χ0v) is 16.4. The van der Waals surface area contributed by atoms with E-state index in [1.165, 1.54) is 16.9 Å². The Morgan fingerprint density at radius 3 is 2.65 bits per heavy atom. The van der Waals surface area contributed by atoms with Gasteiger partial charge in [0.1, 0.15) is 5.00 Å². The number of amides is 2. The molecule has 140 valence electrons. The van der Waals surface area contributed by atoms with Crippen LogP contribution >= 0.6 is 23.7 Å². The molecule has 0 saturated carbocycles. The summed E-state index contributed by atoms with van der Waals surface area (Å²) in [5, 5.41) is 8.65. The Bertz CT molecular complexity index is 737. The lowest BCUT2D eigenvalue weighted by molar-refractivity contribution is 0.0768. The van der Waals surface area contributed by atoms with Gasteiger partial charge in [0.15, 0.2) is 0 Å². The maximum Gasteiger partial charge on any atom is 0.256 e. The fourth-order valence-corrected chi connectivity index (χ4v) is 3.63. The van der Waals surface area contributed by atoms with Crippen molar-refractivity contribution >= 4 is 40.6 Å². The molecule has 5 nitrogen and oxygen atoms in total. The van der Waals surface area contributed by atoms with Crippen LogP contribution < -0.4 is 10.6 Å². The van der Waals surface area contributed by atoms with Crippen LogP contribution in [0.15, 0.2) is 35.7 Å². The summed E-state index contributed by atoms with van der Waals surface area (Å²) >= 11 is 1.38. The Kier molecular flexibility index (Phi) is 7.63. The molecule has 1 fully saturated rings. The number of benzene rings is 1. The van der Waals surface area contributed by atoms with Gasteiger partial charge in [-0.15, -0.1) is 23.7 Å². The monoisotopic (exact) mass is 393 g/mol. The third-order valence-electron chi connectivity index (χ3n) is 4.37. The fraction of sp³-hybridized carbons (Fsp3) is 0.368. The molecule has 0 radical (unpaired) electrons. The minimum Gasteiger partial charge on any atom is -0.337 e. The first kappa shape index (κ1) is 20.4. The lowest BCUT2D eigenvalue weighted by Gasteiger charge is -2.20. The van der Waals surface area contributed by atoms with Crippen molar-refractivity contribution in [2.24, 2.45) is 0 Å². The highest BCUT2D eigenvalue weighted by molar-refractivity contribution is 7.14. The number of halogens is 1. The van der Waals surface area contributed by atoms with E-state index in [9.17, 15) is 9.59 Å². The van der Waals surface area contributed by atoms with E-state index in [1.807, 2.05) is 34.5 Å². The number of nitrogens with one attached hydrogen (secondary N) is 2. The fourth-order valence-electron chi connectivity index (χ4n) is 2.86. The van der Waals surface area contributed by atoms with Gasteiger partial charge in [0.05, 0.1) is 5.56 Å². The van der Waals surface area contributed by atoms with Crippen LogP contribution in [0.4, 0.5) is 5.00 Å². The number of carbonyl (C=O) groups is 2. The van der Waals surface area contributed by atoms with Gasteiger partial charge in [0.2, 0.25) is 0 Å². The van der Waals surface area contributed by atoms with E-state index in [1.54, 1.807) is 6.07 Å². The first-order valence-electron chi connectivity index (χ1n) is 8.67. The van der Waals surface area contributed by atoms with Gasteiger partial charge in [-0.3, -0.25) is 9.59 Å². The third-order valence-corrected chi connectivity index (χ3v) is 5.20. The summed E-state index contributed by atoms with van der Waals surface area (Å²) < 4.78 is 0. The lowest BCUT2D eigenvalue weighted by atomic mass is 10.1. The quantitative estimate of drug-likeness (QED) is 0.836. The van der Waals surface area contributed by atoms with Gasteiger partial charge in [-0.2, -0.15) is 0 Å². The van der Waals surface area contributed by atoms with Gasteiger partial charge in [-0.05, 0) is 48.5 Å². The Morgan fingerprint density at radius 2 is 1.92 bits per heavy atom. The second-order valence-electron chi connectivity index (χ2n) is 6.06. The number of anilines is 1. The highest BCUT2D eigenvalue weighted by Gasteiger charge is 2.22. The highest BCUT2D eigenvalue weighted by Crippen LogP contribution is 2.25. The summed E-state index contributed by atoms with van der Waals surface area (Å²) in [6.07, 6.45) is 1.89. The van der Waals surface area contributed by atoms with Crippen LogP contribution in [0.3, 0.4) is 0 Å². The van der Waals surface area contributed by atoms with Crippen LogP contribution in [-0.4, -0.2) is 42.9 Å². The average molecular weight is 394 g/mol. The predicted molar refractivity (Wildman–Crippen MR) is 109 cm³/mol. The number of hydrogen-bond acceptors (Lipinski definition) is 4. The van der Waals surface area contributed by atoms with E-state index in [0.29, 0.717) is 22.7 Å². The van der Waals surface area contributed by atoms with Crippen LogP contribution in [0.1, 0.15) is 39.6 Å². The molecule has 0 atom stereocenters. The molecule has 1 saturated heterocycles. The second-order valence-corrected chi connectivity index (χ2v) is 6.98. The van der Waals surface area contributed by atoms with E-state index < -0.39 is 0 Å². The van der Waals surface area contributed by atoms with Crippen LogP contribution in [0.5, 0.6) is 0 Å². The molecule has 2 N–H and O–H groups in total. The van der Waals surface area contributed by atoms with Crippen molar-refractivity contribution in [1.29, 1.82) is 0 Å². The van der Waals surface area contributed by atoms with Crippen LogP contribution in [0.25, 0.3) is 0 Å². The number of nitrogens with zero attached hydrogens (tertiary/aromatic N) is 1. The van der Waals surface area contributed by atoms with E-state index in [0.717, 1.165) is 32.5 Å². The first-order valence-corrected chi connectivity index (χ1v) is 9.54. The highest BCUT2D eigenvalue weighted by atomic mass is 35.5. The predicted octanol–water partition coefficient (Wildman–Crippen LogP) is 3.42. The molecule has 1 aliphatic heterocycles. The lowest BCUT2D eigenvalue weighted by Crippen LogP contribution is -2.34. The summed E-state index contributed by atoms with van der Waals surface area (Å²) in [6.45, 7) is 5.26. The molecular formula is C19H24ClN3O2S. The van der Waals surface area contributed by atoms with Crippen molar-refractivity contribution in [2.75, 3.05) is 31.5 Å². The molecule has 1 aliphatic rings. The maximum absolute atomic E-state index is 12.8. The van der Waals surface area contributed by atoms with Gasteiger partial charge in [-0.1, -0.05) is 19.1 Å². The number of hydrogen-bond donors (Lipinski definition) is 2. The Labute approximate surface area is 164 Å². The van der Waals surface area contributed by atoms with E-state index in [4.69, 9.17) is 0 Å². The van der Waals surface area contributed by atoms with E-state index in [2.05, 4.69) is 17.6 Å². The van der Waals surface area contributed by atoms with E-state index in [-0.39, 0.29) is 24.2 Å². The van der Waals surface area contributed by atoms with Crippen LogP contribution in [-0.2, 0) is 6.42 Å². The topological polar surface area (TPSA) is 61.4 Å². The Hall–Kier alpha value is -1.89. The Morgan fingerprint density at radius 1 is 1.15 bits per heavy atom. The molecule has 0 unspecified atom stereocenters. The molecule has 26 heavy (non-hydrogen) atoms. The normalized spacial score (nSPS) is 14.3. The van der Waals surface area contributed by atoms with Crippen molar-refractivity contribution in [3.8, 4) is 0 Å². The summed E-state index contributed by atoms with van der Waals surface area (Å²) in [7, 11) is 0. The smallest absolute Gasteiger partial charge is 0.256 e. The number of thiophene rings is 1. The van der Waals surface area contributed by atoms with Crippen LogP contribution in [0.2, 0.25) is 0 Å². The number of carbonyl (C=O) groups excluding carboxylic acids is 2. The number of aryl methyl sites for hydroxylation is 1. The molecule has 2 amide bonds.